The first-order valence-corrected chi connectivity index (χ1v) is 12.4. The average molecular weight is 460 g/mol. The Morgan fingerprint density at radius 1 is 1.13 bits per heavy atom. The lowest BCUT2D eigenvalue weighted by atomic mass is 9.97. The summed E-state index contributed by atoms with van der Waals surface area (Å²) in [7, 11) is -1.94. The third-order valence-corrected chi connectivity index (χ3v) is 8.66. The number of methoxy groups -OCH3 is 1. The van der Waals surface area contributed by atoms with Gasteiger partial charge in [-0.3, -0.25) is 4.79 Å². The van der Waals surface area contributed by atoms with E-state index in [1.165, 1.54) is 15.6 Å². The quantitative estimate of drug-likeness (QED) is 0.624. The molecule has 1 aromatic heterocycles. The molecule has 2 heterocycles. The van der Waals surface area contributed by atoms with Crippen molar-refractivity contribution >= 4 is 42.6 Å². The monoisotopic (exact) mass is 459 g/mol. The standard InChI is InChI=1S/C22H25N3O4S2/c1-14-4-7-17(8-5-14)31(27,28)25-12-10-16(11-13-25)21(26)24-22-23-19-18(29-3)9-6-15(2)20(19)30-22/h4-9,16H,10-13H2,1-3H3,(H,23,24,26). The van der Waals surface area contributed by atoms with Gasteiger partial charge in [0.2, 0.25) is 15.9 Å². The van der Waals surface area contributed by atoms with Gasteiger partial charge in [0, 0.05) is 19.0 Å². The van der Waals surface area contributed by atoms with Crippen molar-refractivity contribution in [1.82, 2.24) is 9.29 Å². The highest BCUT2D eigenvalue weighted by Gasteiger charge is 2.32. The second-order valence-corrected chi connectivity index (χ2v) is 10.7. The molecule has 164 valence electrons. The molecule has 0 atom stereocenters. The SMILES string of the molecule is COc1ccc(C)c2sc(NC(=O)C3CCN(S(=O)(=O)c4ccc(C)cc4)CC3)nc12. The molecule has 9 heteroatoms. The molecule has 2 aromatic carbocycles. The molecule has 0 spiro atoms. The van der Waals surface area contributed by atoms with Crippen molar-refractivity contribution in [2.75, 3.05) is 25.5 Å². The number of carbonyl (C=O) groups is 1. The van der Waals surface area contributed by atoms with Gasteiger partial charge in [-0.15, -0.1) is 0 Å². The first-order valence-electron chi connectivity index (χ1n) is 10.1. The van der Waals surface area contributed by atoms with Crippen LogP contribution in [0.3, 0.4) is 0 Å². The number of fused-ring (bicyclic) bond motifs is 1. The van der Waals surface area contributed by atoms with E-state index in [1.807, 2.05) is 26.0 Å². The number of nitrogens with zero attached hydrogens (tertiary/aromatic N) is 2. The van der Waals surface area contributed by atoms with Gasteiger partial charge in [-0.1, -0.05) is 35.1 Å². The van der Waals surface area contributed by atoms with Crippen molar-refractivity contribution in [3.8, 4) is 5.75 Å². The predicted molar refractivity (Wildman–Crippen MR) is 122 cm³/mol. The summed E-state index contributed by atoms with van der Waals surface area (Å²) >= 11 is 1.42. The van der Waals surface area contributed by atoms with Gasteiger partial charge in [0.15, 0.2) is 5.13 Å². The fourth-order valence-corrected chi connectivity index (χ4v) is 6.18. The summed E-state index contributed by atoms with van der Waals surface area (Å²) in [5, 5.41) is 3.45. The minimum Gasteiger partial charge on any atom is -0.494 e. The second-order valence-electron chi connectivity index (χ2n) is 7.76. The number of aromatic nitrogens is 1. The maximum absolute atomic E-state index is 12.9. The highest BCUT2D eigenvalue weighted by atomic mass is 32.2. The fourth-order valence-electron chi connectivity index (χ4n) is 3.75. The van der Waals surface area contributed by atoms with Crippen molar-refractivity contribution < 1.29 is 17.9 Å². The minimum absolute atomic E-state index is 0.122. The molecule has 0 bridgehead atoms. The van der Waals surface area contributed by atoms with Crippen LogP contribution in [0.15, 0.2) is 41.3 Å². The molecule has 1 saturated heterocycles. The summed E-state index contributed by atoms with van der Waals surface area (Å²) in [5.74, 6) is 0.300. The second kappa shape index (κ2) is 8.57. The summed E-state index contributed by atoms with van der Waals surface area (Å²) in [6.45, 7) is 4.56. The molecule has 1 amide bonds. The molecule has 0 saturated carbocycles. The zero-order chi connectivity index (χ0) is 22.2. The van der Waals surface area contributed by atoms with Crippen molar-refractivity contribution in [2.24, 2.45) is 5.92 Å². The lowest BCUT2D eigenvalue weighted by Gasteiger charge is -2.30. The zero-order valence-electron chi connectivity index (χ0n) is 17.7. The Kier molecular flexibility index (Phi) is 6.00. The van der Waals surface area contributed by atoms with Gasteiger partial charge in [0.1, 0.15) is 11.3 Å². The molecule has 1 aliphatic heterocycles. The van der Waals surface area contributed by atoms with Crippen LogP contribution < -0.4 is 10.1 Å². The topological polar surface area (TPSA) is 88.6 Å². The molecule has 1 N–H and O–H groups in total. The number of anilines is 1. The number of nitrogens with one attached hydrogen (secondary N) is 1. The van der Waals surface area contributed by atoms with Gasteiger partial charge in [0.05, 0.1) is 16.7 Å². The van der Waals surface area contributed by atoms with Crippen LogP contribution >= 0.6 is 11.3 Å². The molecule has 0 unspecified atom stereocenters. The maximum Gasteiger partial charge on any atom is 0.243 e. The summed E-state index contributed by atoms with van der Waals surface area (Å²) < 4.78 is 33.5. The van der Waals surface area contributed by atoms with Crippen LogP contribution in [0.2, 0.25) is 0 Å². The van der Waals surface area contributed by atoms with Crippen molar-refractivity contribution in [2.45, 2.75) is 31.6 Å². The average Bonchev–Trinajstić information content (AvgIpc) is 3.19. The number of benzene rings is 2. The number of sulfonamides is 1. The number of thiazole rings is 1. The summed E-state index contributed by atoms with van der Waals surface area (Å²) in [6, 6.07) is 10.7. The third kappa shape index (κ3) is 4.30. The Morgan fingerprint density at radius 3 is 2.45 bits per heavy atom. The molecule has 0 aliphatic carbocycles. The van der Waals surface area contributed by atoms with E-state index in [1.54, 1.807) is 31.4 Å². The Morgan fingerprint density at radius 2 is 1.81 bits per heavy atom. The van der Waals surface area contributed by atoms with Gasteiger partial charge in [-0.25, -0.2) is 13.4 Å². The number of hydrogen-bond donors (Lipinski definition) is 1. The Balaban J connectivity index is 1.42. The minimum atomic E-state index is -3.54. The van der Waals surface area contributed by atoms with Gasteiger partial charge in [-0.2, -0.15) is 4.31 Å². The van der Waals surface area contributed by atoms with E-state index in [-0.39, 0.29) is 11.8 Å². The Hall–Kier alpha value is -2.49. The first kappa shape index (κ1) is 21.7. The van der Waals surface area contributed by atoms with Crippen LogP contribution in [-0.4, -0.2) is 43.8 Å². The maximum atomic E-state index is 12.9. The van der Waals surface area contributed by atoms with E-state index in [2.05, 4.69) is 10.3 Å². The molecular formula is C22H25N3O4S2. The molecular weight excluding hydrogens is 434 g/mol. The number of piperidine rings is 1. The van der Waals surface area contributed by atoms with Crippen molar-refractivity contribution in [3.63, 3.8) is 0 Å². The molecule has 1 fully saturated rings. The van der Waals surface area contributed by atoms with Gasteiger partial charge in [-0.05, 0) is 50.5 Å². The van der Waals surface area contributed by atoms with Gasteiger partial charge >= 0.3 is 0 Å². The number of hydrogen-bond acceptors (Lipinski definition) is 6. The summed E-state index contributed by atoms with van der Waals surface area (Å²) in [5.41, 5.74) is 2.82. The molecule has 3 aromatic rings. The number of amides is 1. The molecule has 0 radical (unpaired) electrons. The predicted octanol–water partition coefficient (Wildman–Crippen LogP) is 3.96. The third-order valence-electron chi connectivity index (χ3n) is 5.64. The molecule has 4 rings (SSSR count). The van der Waals surface area contributed by atoms with Crippen LogP contribution in [0.1, 0.15) is 24.0 Å². The van der Waals surface area contributed by atoms with E-state index < -0.39 is 10.0 Å². The fraction of sp³-hybridized carbons (Fsp3) is 0.364. The first-order chi connectivity index (χ1) is 14.8. The van der Waals surface area contributed by atoms with Gasteiger partial charge in [0.25, 0.3) is 0 Å². The molecule has 1 aliphatic rings. The highest BCUT2D eigenvalue weighted by molar-refractivity contribution is 7.89. The Labute approximate surface area is 186 Å². The molecule has 7 nitrogen and oxygen atoms in total. The van der Waals surface area contributed by atoms with Crippen LogP contribution in [-0.2, 0) is 14.8 Å². The number of aryl methyl sites for hydroxylation is 2. The summed E-state index contributed by atoms with van der Waals surface area (Å²) in [4.78, 5) is 17.6. The zero-order valence-corrected chi connectivity index (χ0v) is 19.3. The van der Waals surface area contributed by atoms with E-state index >= 15 is 0 Å². The van der Waals surface area contributed by atoms with E-state index in [0.29, 0.717) is 41.7 Å². The Bertz CT molecular complexity index is 1210. The van der Waals surface area contributed by atoms with E-state index in [4.69, 9.17) is 4.74 Å². The lowest BCUT2D eigenvalue weighted by molar-refractivity contribution is -0.120. The largest absolute Gasteiger partial charge is 0.494 e. The lowest BCUT2D eigenvalue weighted by Crippen LogP contribution is -2.41. The smallest absolute Gasteiger partial charge is 0.243 e. The number of carbonyl (C=O) groups excluding carboxylic acids is 1. The number of rotatable bonds is 5. The van der Waals surface area contributed by atoms with Crippen LogP contribution in [0.5, 0.6) is 5.75 Å². The molecule has 31 heavy (non-hydrogen) atoms. The van der Waals surface area contributed by atoms with Crippen LogP contribution in [0.4, 0.5) is 5.13 Å². The van der Waals surface area contributed by atoms with Crippen molar-refractivity contribution in [3.05, 3.63) is 47.5 Å². The van der Waals surface area contributed by atoms with Crippen molar-refractivity contribution in [1.29, 1.82) is 0 Å². The van der Waals surface area contributed by atoms with E-state index in [0.717, 1.165) is 21.3 Å². The number of ether oxygens (including phenoxy) is 1. The van der Waals surface area contributed by atoms with E-state index in [9.17, 15) is 13.2 Å². The summed E-state index contributed by atoms with van der Waals surface area (Å²) in [6.07, 6.45) is 0.953. The van der Waals surface area contributed by atoms with Gasteiger partial charge < -0.3 is 10.1 Å². The highest BCUT2D eigenvalue weighted by Crippen LogP contribution is 2.35. The van der Waals surface area contributed by atoms with Crippen LogP contribution in [0, 0.1) is 19.8 Å². The normalized spacial score (nSPS) is 15.8. The van der Waals surface area contributed by atoms with Crippen LogP contribution in [0.25, 0.3) is 10.2 Å².